The Bertz CT molecular complexity index is 398. The Morgan fingerprint density at radius 2 is 2.00 bits per heavy atom. The van der Waals surface area contributed by atoms with Gasteiger partial charge >= 0.3 is 0 Å². The Morgan fingerprint density at radius 1 is 1.35 bits per heavy atom. The largest absolute Gasteiger partial charge is 0.377 e. The Labute approximate surface area is 120 Å². The van der Waals surface area contributed by atoms with E-state index in [1.54, 1.807) is 14.2 Å². The van der Waals surface area contributed by atoms with Crippen LogP contribution in [0.3, 0.4) is 0 Å². The van der Waals surface area contributed by atoms with Gasteiger partial charge < -0.3 is 19.8 Å². The molecule has 2 rings (SSSR count). The number of aromatic nitrogens is 2. The van der Waals surface area contributed by atoms with Crippen LogP contribution in [0.4, 0.5) is 0 Å². The van der Waals surface area contributed by atoms with Gasteiger partial charge in [0.25, 0.3) is 0 Å². The monoisotopic (exact) mass is 282 g/mol. The van der Waals surface area contributed by atoms with Gasteiger partial charge in [-0.1, -0.05) is 6.92 Å². The van der Waals surface area contributed by atoms with Crippen LogP contribution in [0.15, 0.2) is 12.5 Å². The maximum atomic E-state index is 6.02. The lowest BCUT2D eigenvalue weighted by atomic mass is 10.2. The molecule has 0 saturated carbocycles. The van der Waals surface area contributed by atoms with Gasteiger partial charge in [0.05, 0.1) is 30.3 Å². The Kier molecular flexibility index (Phi) is 5.54. The fraction of sp³-hybridized carbons (Fsp3) is 0.786. The minimum absolute atomic E-state index is 0.108. The van der Waals surface area contributed by atoms with Crippen molar-refractivity contribution in [3.8, 4) is 0 Å². The zero-order valence-electron chi connectivity index (χ0n) is 12.7. The molecule has 1 fully saturated rings. The van der Waals surface area contributed by atoms with E-state index in [2.05, 4.69) is 21.4 Å². The quantitative estimate of drug-likeness (QED) is 0.795. The van der Waals surface area contributed by atoms with E-state index in [1.807, 2.05) is 12.5 Å². The van der Waals surface area contributed by atoms with Gasteiger partial charge in [0, 0.05) is 46.6 Å². The van der Waals surface area contributed by atoms with Crippen LogP contribution >= 0.6 is 0 Å². The third kappa shape index (κ3) is 3.03. The van der Waals surface area contributed by atoms with Crippen LogP contribution in [0.2, 0.25) is 0 Å². The highest BCUT2D eigenvalue weighted by Crippen LogP contribution is 2.26. The Balaban J connectivity index is 2.14. The topological polar surface area (TPSA) is 65.5 Å². The van der Waals surface area contributed by atoms with Crippen molar-refractivity contribution in [3.63, 3.8) is 0 Å². The van der Waals surface area contributed by atoms with Crippen LogP contribution < -0.4 is 5.73 Å². The molecule has 0 aliphatic carbocycles. The number of imidazole rings is 1. The van der Waals surface area contributed by atoms with Crippen LogP contribution in [0.1, 0.15) is 25.1 Å². The first kappa shape index (κ1) is 15.4. The highest BCUT2D eigenvalue weighted by Gasteiger charge is 2.37. The second kappa shape index (κ2) is 7.17. The number of hydrogen-bond donors (Lipinski definition) is 1. The van der Waals surface area contributed by atoms with Crippen molar-refractivity contribution >= 4 is 0 Å². The molecule has 0 amide bonds. The molecule has 1 aromatic heterocycles. The predicted octanol–water partition coefficient (Wildman–Crippen LogP) is 0.639. The van der Waals surface area contributed by atoms with Gasteiger partial charge in [0.15, 0.2) is 0 Å². The first-order valence-electron chi connectivity index (χ1n) is 7.24. The molecule has 6 nitrogen and oxygen atoms in total. The summed E-state index contributed by atoms with van der Waals surface area (Å²) >= 11 is 0. The molecule has 114 valence electrons. The summed E-state index contributed by atoms with van der Waals surface area (Å²) in [7, 11) is 3.47. The zero-order valence-corrected chi connectivity index (χ0v) is 12.7. The smallest absolute Gasteiger partial charge is 0.0972 e. The lowest BCUT2D eigenvalue weighted by molar-refractivity contribution is -0.00461. The van der Waals surface area contributed by atoms with E-state index in [4.69, 9.17) is 15.2 Å². The molecule has 0 radical (unpaired) electrons. The first-order chi connectivity index (χ1) is 9.74. The third-order valence-corrected chi connectivity index (χ3v) is 4.06. The summed E-state index contributed by atoms with van der Waals surface area (Å²) in [6.07, 6.45) is 5.12. The standard InChI is InChI=1S/C14H26N4O2/c1-4-5-17-10-16-7-12(17)11(6-15)18-8-13(19-2)14(9-18)20-3/h7,10-11,13-14H,4-6,8-9,15H2,1-3H3. The lowest BCUT2D eigenvalue weighted by Crippen LogP contribution is -2.34. The molecule has 0 bridgehead atoms. The summed E-state index contributed by atoms with van der Waals surface area (Å²) in [6.45, 7) is 5.39. The average molecular weight is 282 g/mol. The number of hydrogen-bond acceptors (Lipinski definition) is 5. The second-order valence-corrected chi connectivity index (χ2v) is 5.27. The molecule has 1 saturated heterocycles. The zero-order chi connectivity index (χ0) is 14.5. The average Bonchev–Trinajstić information content (AvgIpc) is 3.07. The molecular weight excluding hydrogens is 256 g/mol. The molecule has 1 aromatic rings. The second-order valence-electron chi connectivity index (χ2n) is 5.27. The van der Waals surface area contributed by atoms with Crippen molar-refractivity contribution in [3.05, 3.63) is 18.2 Å². The molecule has 3 atom stereocenters. The third-order valence-electron chi connectivity index (χ3n) is 4.06. The summed E-state index contributed by atoms with van der Waals surface area (Å²) in [5, 5.41) is 0. The Morgan fingerprint density at radius 3 is 2.50 bits per heavy atom. The minimum atomic E-state index is 0.108. The molecule has 2 N–H and O–H groups in total. The molecule has 1 aliphatic rings. The van der Waals surface area contributed by atoms with E-state index in [1.165, 1.54) is 5.69 Å². The van der Waals surface area contributed by atoms with Crippen molar-refractivity contribution in [2.75, 3.05) is 33.9 Å². The van der Waals surface area contributed by atoms with E-state index in [-0.39, 0.29) is 18.2 Å². The highest BCUT2D eigenvalue weighted by molar-refractivity contribution is 5.08. The van der Waals surface area contributed by atoms with Crippen LogP contribution in [0.5, 0.6) is 0 Å². The van der Waals surface area contributed by atoms with Gasteiger partial charge in [0.2, 0.25) is 0 Å². The molecule has 0 spiro atoms. The van der Waals surface area contributed by atoms with Gasteiger partial charge in [-0.3, -0.25) is 4.90 Å². The van der Waals surface area contributed by atoms with E-state index in [0.717, 1.165) is 26.1 Å². The van der Waals surface area contributed by atoms with Crippen molar-refractivity contribution in [1.29, 1.82) is 0 Å². The lowest BCUT2D eigenvalue weighted by Gasteiger charge is -2.27. The maximum Gasteiger partial charge on any atom is 0.0972 e. The summed E-state index contributed by atoms with van der Waals surface area (Å²) in [6, 6.07) is 0.168. The predicted molar refractivity (Wildman–Crippen MR) is 77.5 cm³/mol. The maximum absolute atomic E-state index is 6.02. The number of rotatable bonds is 7. The number of methoxy groups -OCH3 is 2. The fourth-order valence-electron chi connectivity index (χ4n) is 2.97. The van der Waals surface area contributed by atoms with Gasteiger partial charge in [-0.15, -0.1) is 0 Å². The highest BCUT2D eigenvalue weighted by atomic mass is 16.5. The fourth-order valence-corrected chi connectivity index (χ4v) is 2.97. The molecule has 2 heterocycles. The number of ether oxygens (including phenoxy) is 2. The molecule has 1 aliphatic heterocycles. The van der Waals surface area contributed by atoms with Crippen LogP contribution in [0.25, 0.3) is 0 Å². The molecule has 20 heavy (non-hydrogen) atoms. The van der Waals surface area contributed by atoms with Crippen molar-refractivity contribution < 1.29 is 9.47 Å². The van der Waals surface area contributed by atoms with Crippen molar-refractivity contribution in [2.45, 2.75) is 38.1 Å². The summed E-state index contributed by atoms with van der Waals surface area (Å²) in [5.41, 5.74) is 7.20. The van der Waals surface area contributed by atoms with E-state index < -0.39 is 0 Å². The van der Waals surface area contributed by atoms with Crippen LogP contribution in [-0.4, -0.2) is 60.5 Å². The molecule has 0 aromatic carbocycles. The normalized spacial score (nSPS) is 25.2. The molecular formula is C14H26N4O2. The van der Waals surface area contributed by atoms with Crippen molar-refractivity contribution in [2.24, 2.45) is 5.73 Å². The Hall–Kier alpha value is -0.950. The first-order valence-corrected chi connectivity index (χ1v) is 7.24. The molecule has 6 heteroatoms. The minimum Gasteiger partial charge on any atom is -0.377 e. The number of likely N-dealkylation sites (tertiary alicyclic amines) is 1. The SMILES string of the molecule is CCCn1cncc1C(CN)N1CC(OC)C(OC)C1. The van der Waals surface area contributed by atoms with Crippen LogP contribution in [0, 0.1) is 0 Å². The number of aryl methyl sites for hydroxylation is 1. The van der Waals surface area contributed by atoms with Crippen LogP contribution in [-0.2, 0) is 16.0 Å². The van der Waals surface area contributed by atoms with E-state index in [0.29, 0.717) is 6.54 Å². The summed E-state index contributed by atoms with van der Waals surface area (Å²) in [5.74, 6) is 0. The van der Waals surface area contributed by atoms with E-state index >= 15 is 0 Å². The van der Waals surface area contributed by atoms with Crippen molar-refractivity contribution in [1.82, 2.24) is 14.5 Å². The molecule has 3 unspecified atom stereocenters. The van der Waals surface area contributed by atoms with Gasteiger partial charge in [-0.2, -0.15) is 0 Å². The van der Waals surface area contributed by atoms with Gasteiger partial charge in [-0.05, 0) is 6.42 Å². The number of nitrogens with zero attached hydrogens (tertiary/aromatic N) is 3. The number of nitrogens with two attached hydrogens (primary N) is 1. The summed E-state index contributed by atoms with van der Waals surface area (Å²) in [4.78, 5) is 6.62. The summed E-state index contributed by atoms with van der Waals surface area (Å²) < 4.78 is 13.2. The van der Waals surface area contributed by atoms with E-state index in [9.17, 15) is 0 Å². The van der Waals surface area contributed by atoms with Gasteiger partial charge in [-0.25, -0.2) is 4.98 Å². The van der Waals surface area contributed by atoms with Gasteiger partial charge in [0.1, 0.15) is 0 Å².